The summed E-state index contributed by atoms with van der Waals surface area (Å²) >= 11 is 0. The van der Waals surface area contributed by atoms with Crippen molar-refractivity contribution in [2.75, 3.05) is 0 Å². The van der Waals surface area contributed by atoms with Crippen molar-refractivity contribution in [3.05, 3.63) is 217 Å². The molecule has 0 aliphatic heterocycles. The number of imidazole rings is 1. The minimum atomic E-state index is -3.49. The van der Waals surface area contributed by atoms with Crippen LogP contribution in [-0.2, 0) is 26.5 Å². The second-order valence-electron chi connectivity index (χ2n) is 18.0. The molecule has 8 aromatic carbocycles. The third kappa shape index (κ3) is 9.39. The summed E-state index contributed by atoms with van der Waals surface area (Å²) in [5.74, 6) is 0.358. The molecule has 10 aromatic rings. The van der Waals surface area contributed by atoms with Crippen molar-refractivity contribution in [3.8, 4) is 89.7 Å². The molecule has 0 radical (unpaired) electrons. The maximum absolute atomic E-state index is 12.4. The molecule has 2 heterocycles. The second-order valence-corrected chi connectivity index (χ2v) is 18.0. The molecule has 0 aliphatic carbocycles. The number of phenolic OH excluding ortho intramolecular Hbond substituents is 1. The SMILES string of the molecule is [2H]C([2H])([2H])C(c1ccc(-n2c(-c3cc(C(C)C)cc(C(C)C)c3O)nc3c(-c4[c-]c(-c5cc(-c6ccc(-c7ccccc7)cc6)ccn5)cc(-c5ccccc5)c4)cccc32)c(-c2ccccc2)c1)(C([2H])([2H])[2H])C([2H])([2H])[2H].[Pt]. The zero-order valence-electron chi connectivity index (χ0n) is 47.7. The number of para-hydroxylation sites is 1. The van der Waals surface area contributed by atoms with E-state index < -0.39 is 26.0 Å². The van der Waals surface area contributed by atoms with Gasteiger partial charge in [0, 0.05) is 50.9 Å². The van der Waals surface area contributed by atoms with Crippen molar-refractivity contribution < 1.29 is 38.5 Å². The van der Waals surface area contributed by atoms with Crippen LogP contribution in [0.25, 0.3) is 95.0 Å². The van der Waals surface area contributed by atoms with Crippen molar-refractivity contribution in [1.29, 1.82) is 0 Å². The first kappa shape index (κ1) is 36.9. The maximum Gasteiger partial charge on any atom is 0.148 e. The number of rotatable bonds is 10. The van der Waals surface area contributed by atoms with Gasteiger partial charge in [-0.15, -0.1) is 23.8 Å². The van der Waals surface area contributed by atoms with Gasteiger partial charge in [0.25, 0.3) is 0 Å². The summed E-state index contributed by atoms with van der Waals surface area (Å²) in [6.45, 7) is -2.28. The average molecular weight is 1090 g/mol. The molecule has 2 aromatic heterocycles. The van der Waals surface area contributed by atoms with Gasteiger partial charge >= 0.3 is 0 Å². The molecule has 4 nitrogen and oxygen atoms in total. The fourth-order valence-corrected chi connectivity index (χ4v) is 9.07. The van der Waals surface area contributed by atoms with E-state index in [-0.39, 0.29) is 44.2 Å². The van der Waals surface area contributed by atoms with Gasteiger partial charge in [0.05, 0.1) is 22.3 Å². The number of phenols is 1. The molecule has 5 heteroatoms. The van der Waals surface area contributed by atoms with Crippen molar-refractivity contribution in [2.24, 2.45) is 0 Å². The summed E-state index contributed by atoms with van der Waals surface area (Å²) in [5.41, 5.74) is 9.97. The average Bonchev–Trinajstić information content (AvgIpc) is 3.98. The first-order chi connectivity index (χ1) is 36.7. The normalized spacial score (nSPS) is 14.1. The molecule has 0 fully saturated rings. The van der Waals surface area contributed by atoms with Gasteiger partial charge in [0.15, 0.2) is 0 Å². The molecular weight excluding hydrogens is 1020 g/mol. The molecule has 0 bridgehead atoms. The molecular formula is C64H56N3OPt-. The Labute approximate surface area is 434 Å². The zero-order valence-corrected chi connectivity index (χ0v) is 41.0. The van der Waals surface area contributed by atoms with Gasteiger partial charge in [0.2, 0.25) is 0 Å². The Bertz CT molecular complexity index is 3740. The molecule has 0 saturated heterocycles. The van der Waals surface area contributed by atoms with Crippen molar-refractivity contribution >= 4 is 11.0 Å². The van der Waals surface area contributed by atoms with Crippen molar-refractivity contribution in [3.63, 3.8) is 0 Å². The number of hydrogen-bond donors (Lipinski definition) is 1. The standard InChI is InChI=1S/C64H56N3O.Pt/c1-41(2)49-37-55(42(3)4)62(68)57(38-49)63-66-61-54(24-17-25-60(61)67(63)59-31-30-53(64(5,6)7)40-56(59)47-22-15-10-16-23-47)51-34-50(44-20-13-9-14-21-44)35-52(36-51)58-39-48(32-33-65-58)46-28-26-45(27-29-46)43-18-11-8-12-19-43;/h8-35,37-42,68H,1-7H3;/q-1;/i5D3,6D3,7D3;. The van der Waals surface area contributed by atoms with E-state index in [1.165, 1.54) is 12.1 Å². The number of aromatic nitrogens is 3. The molecule has 344 valence electrons. The van der Waals surface area contributed by atoms with E-state index in [1.54, 1.807) is 30.3 Å². The minimum absolute atomic E-state index is 0. The number of hydrogen-bond acceptors (Lipinski definition) is 3. The summed E-state index contributed by atoms with van der Waals surface area (Å²) in [7, 11) is 0. The fourth-order valence-electron chi connectivity index (χ4n) is 9.07. The molecule has 10 rings (SSSR count). The van der Waals surface area contributed by atoms with Crippen LogP contribution in [0.15, 0.2) is 194 Å². The van der Waals surface area contributed by atoms with Gasteiger partial charge in [-0.3, -0.25) is 9.55 Å². The summed E-state index contributed by atoms with van der Waals surface area (Å²) in [4.78, 5) is 10.4. The zero-order chi connectivity index (χ0) is 54.6. The monoisotopic (exact) mass is 1090 g/mol. The summed E-state index contributed by atoms with van der Waals surface area (Å²) in [5, 5.41) is 12.4. The molecule has 0 spiro atoms. The van der Waals surface area contributed by atoms with E-state index in [4.69, 9.17) is 22.3 Å². The Balaban J connectivity index is 0.00000740. The van der Waals surface area contributed by atoms with Crippen LogP contribution < -0.4 is 0 Å². The van der Waals surface area contributed by atoms with Gasteiger partial charge in [0.1, 0.15) is 11.6 Å². The minimum Gasteiger partial charge on any atom is -0.507 e. The van der Waals surface area contributed by atoms with Crippen LogP contribution in [0.3, 0.4) is 0 Å². The number of fused-ring (bicyclic) bond motifs is 1. The molecule has 1 N–H and O–H groups in total. The molecule has 69 heavy (non-hydrogen) atoms. The summed E-state index contributed by atoms with van der Waals surface area (Å²) < 4.78 is 79.6. The van der Waals surface area contributed by atoms with Crippen LogP contribution in [0, 0.1) is 6.07 Å². The quantitative estimate of drug-likeness (QED) is 0.139. The van der Waals surface area contributed by atoms with Crippen LogP contribution in [0.1, 0.15) is 89.1 Å². The second kappa shape index (κ2) is 19.5. The van der Waals surface area contributed by atoms with E-state index in [0.717, 1.165) is 50.1 Å². The number of benzene rings is 8. The van der Waals surface area contributed by atoms with E-state index in [0.29, 0.717) is 56.1 Å². The van der Waals surface area contributed by atoms with Gasteiger partial charge in [-0.2, -0.15) is 0 Å². The van der Waals surface area contributed by atoms with E-state index in [1.807, 2.05) is 103 Å². The van der Waals surface area contributed by atoms with E-state index in [2.05, 4.69) is 86.6 Å². The summed E-state index contributed by atoms with van der Waals surface area (Å²) in [6.07, 6.45) is 1.81. The number of pyridine rings is 1. The third-order valence-electron chi connectivity index (χ3n) is 12.8. The molecule has 0 atom stereocenters. The van der Waals surface area contributed by atoms with Gasteiger partial charge in [-0.05, 0) is 97.7 Å². The molecule has 0 amide bonds. The Morgan fingerprint density at radius 2 is 1.14 bits per heavy atom. The van der Waals surface area contributed by atoms with E-state index >= 15 is 0 Å². The maximum atomic E-state index is 12.4. The van der Waals surface area contributed by atoms with Crippen LogP contribution >= 0.6 is 0 Å². The van der Waals surface area contributed by atoms with Crippen molar-refractivity contribution in [2.45, 2.75) is 65.5 Å². The first-order valence-electron chi connectivity index (χ1n) is 27.5. The summed E-state index contributed by atoms with van der Waals surface area (Å²) in [6, 6.07) is 63.9. The van der Waals surface area contributed by atoms with Gasteiger partial charge < -0.3 is 5.11 Å². The van der Waals surface area contributed by atoms with Crippen LogP contribution in [0.4, 0.5) is 0 Å². The van der Waals surface area contributed by atoms with Crippen LogP contribution in [0.2, 0.25) is 0 Å². The topological polar surface area (TPSA) is 50.9 Å². The predicted octanol–water partition coefficient (Wildman–Crippen LogP) is 17.1. The number of nitrogens with zero attached hydrogens (tertiary/aromatic N) is 3. The van der Waals surface area contributed by atoms with Gasteiger partial charge in [-0.25, -0.2) is 4.98 Å². The Morgan fingerprint density at radius 1 is 0.536 bits per heavy atom. The largest absolute Gasteiger partial charge is 0.507 e. The Morgan fingerprint density at radius 3 is 1.78 bits per heavy atom. The predicted molar refractivity (Wildman–Crippen MR) is 284 cm³/mol. The number of aromatic hydroxyl groups is 1. The molecule has 0 aliphatic rings. The Hall–Kier alpha value is -7.13. The van der Waals surface area contributed by atoms with Crippen LogP contribution in [0.5, 0.6) is 5.75 Å². The fraction of sp³-hybridized carbons (Fsp3) is 0.156. The molecule has 0 saturated carbocycles. The van der Waals surface area contributed by atoms with Crippen molar-refractivity contribution in [1.82, 2.24) is 14.5 Å². The van der Waals surface area contributed by atoms with Gasteiger partial charge in [-0.1, -0.05) is 211 Å². The first-order valence-corrected chi connectivity index (χ1v) is 23.0. The third-order valence-corrected chi connectivity index (χ3v) is 12.8. The van der Waals surface area contributed by atoms with Crippen LogP contribution in [-0.4, -0.2) is 19.6 Å². The molecule has 0 unspecified atom stereocenters. The Kier molecular flexibility index (Phi) is 10.4. The smallest absolute Gasteiger partial charge is 0.148 e. The van der Waals surface area contributed by atoms with E-state index in [9.17, 15) is 5.11 Å².